The van der Waals surface area contributed by atoms with Crippen molar-refractivity contribution >= 4 is 17.6 Å². The highest BCUT2D eigenvalue weighted by Crippen LogP contribution is 2.33. The Kier molecular flexibility index (Phi) is 6.61. The lowest BCUT2D eigenvalue weighted by atomic mass is 10.1. The number of hydrazone groups is 1. The Hall–Kier alpha value is -3.07. The van der Waals surface area contributed by atoms with Crippen molar-refractivity contribution < 1.29 is 23.2 Å². The average Bonchev–Trinajstić information content (AvgIpc) is 3.43. The molecular formula is C21H28N4O5. The van der Waals surface area contributed by atoms with Gasteiger partial charge < -0.3 is 23.8 Å². The number of amides is 3. The van der Waals surface area contributed by atoms with Gasteiger partial charge >= 0.3 is 6.03 Å². The predicted octanol–water partition coefficient (Wildman–Crippen LogP) is 3.01. The number of rotatable bonds is 7. The van der Waals surface area contributed by atoms with Gasteiger partial charge in [-0.1, -0.05) is 0 Å². The summed E-state index contributed by atoms with van der Waals surface area (Å²) in [7, 11) is 1.55. The van der Waals surface area contributed by atoms with Crippen LogP contribution < -0.4 is 5.32 Å². The molecule has 30 heavy (non-hydrogen) atoms. The highest BCUT2D eigenvalue weighted by atomic mass is 16.5. The van der Waals surface area contributed by atoms with Gasteiger partial charge in [0, 0.05) is 25.6 Å². The van der Waals surface area contributed by atoms with E-state index in [2.05, 4.69) is 10.4 Å². The molecule has 3 amide bonds. The molecule has 0 radical (unpaired) electrons. The molecule has 0 aromatic carbocycles. The molecule has 0 saturated carbocycles. The smallest absolute Gasteiger partial charge is 0.318 e. The van der Waals surface area contributed by atoms with E-state index in [-0.39, 0.29) is 25.0 Å². The van der Waals surface area contributed by atoms with E-state index < -0.39 is 11.6 Å². The van der Waals surface area contributed by atoms with Gasteiger partial charge in [0.15, 0.2) is 0 Å². The van der Waals surface area contributed by atoms with Crippen LogP contribution in [0.4, 0.5) is 4.79 Å². The van der Waals surface area contributed by atoms with E-state index in [1.807, 2.05) is 20.8 Å². The normalized spacial score (nSPS) is 16.5. The predicted molar refractivity (Wildman–Crippen MR) is 110 cm³/mol. The van der Waals surface area contributed by atoms with Gasteiger partial charge in [0.25, 0.3) is 5.91 Å². The van der Waals surface area contributed by atoms with Crippen LogP contribution in [-0.4, -0.2) is 59.9 Å². The number of urea groups is 1. The lowest BCUT2D eigenvalue weighted by Gasteiger charge is -2.29. The monoisotopic (exact) mass is 416 g/mol. The Balaban J connectivity index is 1.80. The molecule has 1 N–H and O–H groups in total. The van der Waals surface area contributed by atoms with Crippen LogP contribution in [0.25, 0.3) is 0 Å². The van der Waals surface area contributed by atoms with Gasteiger partial charge in [-0.25, -0.2) is 9.80 Å². The minimum atomic E-state index is -0.430. The zero-order valence-electron chi connectivity index (χ0n) is 17.8. The summed E-state index contributed by atoms with van der Waals surface area (Å²) in [6, 6.07) is 6.41. The van der Waals surface area contributed by atoms with Crippen LogP contribution in [0.5, 0.6) is 0 Å². The third-order valence-electron chi connectivity index (χ3n) is 4.50. The van der Waals surface area contributed by atoms with Gasteiger partial charge in [0.05, 0.1) is 19.1 Å². The van der Waals surface area contributed by atoms with Gasteiger partial charge in [-0.15, -0.1) is 0 Å². The van der Waals surface area contributed by atoms with E-state index in [0.29, 0.717) is 30.3 Å². The summed E-state index contributed by atoms with van der Waals surface area (Å²) in [6.45, 7) is 6.10. The molecule has 1 atom stereocenters. The number of carbonyl (C=O) groups excluding carboxylic acids is 2. The third kappa shape index (κ3) is 5.29. The molecule has 0 spiro atoms. The van der Waals surface area contributed by atoms with Crippen molar-refractivity contribution in [3.63, 3.8) is 0 Å². The molecular weight excluding hydrogens is 388 g/mol. The second-order valence-electron chi connectivity index (χ2n) is 8.09. The number of nitrogens with one attached hydrogen (secondary N) is 1. The zero-order valence-corrected chi connectivity index (χ0v) is 17.8. The molecule has 3 rings (SSSR count). The van der Waals surface area contributed by atoms with Gasteiger partial charge in [-0.3, -0.25) is 4.79 Å². The highest BCUT2D eigenvalue weighted by Gasteiger charge is 2.36. The zero-order chi connectivity index (χ0) is 21.7. The number of methoxy groups -OCH3 is 1. The SMILES string of the molecule is COCCN(CC(=O)N1N=C(c2ccco2)C[C@H]1c1ccco1)C(=O)NC(C)(C)C. The van der Waals surface area contributed by atoms with Gasteiger partial charge in [-0.2, -0.15) is 5.10 Å². The molecule has 1 aliphatic rings. The van der Waals surface area contributed by atoms with E-state index in [1.165, 1.54) is 9.91 Å². The first-order chi connectivity index (χ1) is 14.3. The van der Waals surface area contributed by atoms with Crippen LogP contribution in [0.1, 0.15) is 44.8 Å². The first-order valence-electron chi connectivity index (χ1n) is 9.81. The second-order valence-corrected chi connectivity index (χ2v) is 8.09. The summed E-state index contributed by atoms with van der Waals surface area (Å²) in [5, 5.41) is 8.75. The lowest BCUT2D eigenvalue weighted by Crippen LogP contribution is -2.52. The second kappa shape index (κ2) is 9.17. The van der Waals surface area contributed by atoms with Crippen LogP contribution in [0.15, 0.2) is 50.7 Å². The van der Waals surface area contributed by atoms with Crippen LogP contribution >= 0.6 is 0 Å². The standard InChI is InChI=1S/C21H28N4O5/c1-21(2,3)22-20(27)24(9-12-28-4)14-19(26)25-16(18-8-6-11-30-18)13-15(23-25)17-7-5-10-29-17/h5-8,10-11,16H,9,12-14H2,1-4H3,(H,22,27)/t16-/m0/s1. The Morgan fingerprint density at radius 1 is 1.27 bits per heavy atom. The number of carbonyl (C=O) groups is 2. The van der Waals surface area contributed by atoms with E-state index in [1.54, 1.807) is 43.9 Å². The third-order valence-corrected chi connectivity index (χ3v) is 4.50. The maximum Gasteiger partial charge on any atom is 0.318 e. The summed E-state index contributed by atoms with van der Waals surface area (Å²) in [5.74, 6) is 0.901. The van der Waals surface area contributed by atoms with Crippen LogP contribution in [0.3, 0.4) is 0 Å². The van der Waals surface area contributed by atoms with Crippen molar-refractivity contribution in [2.45, 2.75) is 38.8 Å². The number of furan rings is 2. The van der Waals surface area contributed by atoms with Gasteiger partial charge in [-0.05, 0) is 45.0 Å². The molecule has 0 saturated heterocycles. The van der Waals surface area contributed by atoms with Crippen LogP contribution in [0.2, 0.25) is 0 Å². The number of hydrogen-bond acceptors (Lipinski definition) is 6. The van der Waals surface area contributed by atoms with Crippen molar-refractivity contribution in [2.24, 2.45) is 5.10 Å². The number of ether oxygens (including phenoxy) is 1. The lowest BCUT2D eigenvalue weighted by molar-refractivity contribution is -0.134. The summed E-state index contributed by atoms with van der Waals surface area (Å²) in [4.78, 5) is 27.3. The van der Waals surface area contributed by atoms with Crippen LogP contribution in [0, 0.1) is 0 Å². The van der Waals surface area contributed by atoms with Gasteiger partial charge in [0.1, 0.15) is 29.8 Å². The topological polar surface area (TPSA) is 101 Å². The van der Waals surface area contributed by atoms with E-state index >= 15 is 0 Å². The number of hydrogen-bond donors (Lipinski definition) is 1. The van der Waals surface area contributed by atoms with Gasteiger partial charge in [0.2, 0.25) is 0 Å². The fourth-order valence-corrected chi connectivity index (χ4v) is 3.12. The molecule has 9 nitrogen and oxygen atoms in total. The van der Waals surface area contributed by atoms with Crippen molar-refractivity contribution in [3.8, 4) is 0 Å². The molecule has 0 unspecified atom stereocenters. The number of nitrogens with zero attached hydrogens (tertiary/aromatic N) is 3. The quantitative estimate of drug-likeness (QED) is 0.748. The Labute approximate surface area is 175 Å². The molecule has 1 aliphatic heterocycles. The molecule has 0 fully saturated rings. The average molecular weight is 416 g/mol. The Bertz CT molecular complexity index is 868. The van der Waals surface area contributed by atoms with Crippen molar-refractivity contribution in [1.29, 1.82) is 0 Å². The summed E-state index contributed by atoms with van der Waals surface area (Å²) in [5.41, 5.74) is 0.220. The first-order valence-corrected chi connectivity index (χ1v) is 9.81. The Morgan fingerprint density at radius 3 is 2.60 bits per heavy atom. The molecule has 9 heteroatoms. The van der Waals surface area contributed by atoms with E-state index in [0.717, 1.165) is 0 Å². The first kappa shape index (κ1) is 21.6. The summed E-state index contributed by atoms with van der Waals surface area (Å²) in [6.07, 6.45) is 3.58. The summed E-state index contributed by atoms with van der Waals surface area (Å²) >= 11 is 0. The maximum atomic E-state index is 13.2. The summed E-state index contributed by atoms with van der Waals surface area (Å²) < 4.78 is 16.1. The highest BCUT2D eigenvalue weighted by molar-refractivity contribution is 6.01. The Morgan fingerprint density at radius 2 is 2.00 bits per heavy atom. The molecule has 0 aliphatic carbocycles. The molecule has 0 bridgehead atoms. The van der Waals surface area contributed by atoms with Crippen molar-refractivity contribution in [3.05, 3.63) is 48.3 Å². The van der Waals surface area contributed by atoms with E-state index in [4.69, 9.17) is 13.6 Å². The minimum Gasteiger partial charge on any atom is -0.467 e. The molecule has 3 heterocycles. The van der Waals surface area contributed by atoms with Crippen LogP contribution in [-0.2, 0) is 9.53 Å². The molecule has 2 aromatic rings. The molecule has 162 valence electrons. The fourth-order valence-electron chi connectivity index (χ4n) is 3.12. The fraction of sp³-hybridized carbons (Fsp3) is 0.476. The van der Waals surface area contributed by atoms with Crippen molar-refractivity contribution in [1.82, 2.24) is 15.2 Å². The molecule has 2 aromatic heterocycles. The van der Waals surface area contributed by atoms with E-state index in [9.17, 15) is 9.59 Å². The largest absolute Gasteiger partial charge is 0.467 e. The maximum absolute atomic E-state index is 13.2. The van der Waals surface area contributed by atoms with Crippen molar-refractivity contribution in [2.75, 3.05) is 26.8 Å². The minimum absolute atomic E-state index is 0.141.